The highest BCUT2D eigenvalue weighted by molar-refractivity contribution is 6.15. The maximum atomic E-state index is 12.5. The van der Waals surface area contributed by atoms with Crippen molar-refractivity contribution in [1.82, 2.24) is 10.2 Å². The van der Waals surface area contributed by atoms with Crippen molar-refractivity contribution in [1.29, 1.82) is 0 Å². The molecule has 0 atom stereocenters. The van der Waals surface area contributed by atoms with Crippen LogP contribution in [0.15, 0.2) is 54.2 Å². The van der Waals surface area contributed by atoms with Crippen LogP contribution in [0.4, 0.5) is 10.5 Å². The highest BCUT2D eigenvalue weighted by Gasteiger charge is 2.34. The summed E-state index contributed by atoms with van der Waals surface area (Å²) in [5.74, 6) is -0.0107. The summed E-state index contributed by atoms with van der Waals surface area (Å²) < 4.78 is 10.4. The molecule has 1 fully saturated rings. The van der Waals surface area contributed by atoms with Crippen LogP contribution in [0.1, 0.15) is 5.56 Å². The molecule has 0 radical (unpaired) electrons. The van der Waals surface area contributed by atoms with E-state index in [-0.39, 0.29) is 12.2 Å². The molecule has 28 heavy (non-hydrogen) atoms. The number of hydrogen-bond donors (Lipinski definition) is 2. The Morgan fingerprint density at radius 3 is 2.46 bits per heavy atom. The van der Waals surface area contributed by atoms with E-state index in [4.69, 9.17) is 9.47 Å². The van der Waals surface area contributed by atoms with Gasteiger partial charge in [-0.3, -0.25) is 9.59 Å². The highest BCUT2D eigenvalue weighted by Crippen LogP contribution is 2.28. The van der Waals surface area contributed by atoms with Crippen LogP contribution in [-0.2, 0) is 9.59 Å². The molecule has 8 heteroatoms. The second-order valence-corrected chi connectivity index (χ2v) is 5.91. The fraction of sp³-hybridized carbons (Fsp3) is 0.150. The van der Waals surface area contributed by atoms with Gasteiger partial charge in [-0.15, -0.1) is 0 Å². The first-order valence-electron chi connectivity index (χ1n) is 8.43. The summed E-state index contributed by atoms with van der Waals surface area (Å²) in [6.07, 6.45) is 1.51. The van der Waals surface area contributed by atoms with Crippen LogP contribution in [0.3, 0.4) is 0 Å². The third-order valence-corrected chi connectivity index (χ3v) is 4.04. The minimum atomic E-state index is -0.653. The predicted octanol–water partition coefficient (Wildman–Crippen LogP) is 2.24. The fourth-order valence-electron chi connectivity index (χ4n) is 2.69. The Morgan fingerprint density at radius 2 is 1.79 bits per heavy atom. The van der Waals surface area contributed by atoms with Gasteiger partial charge in [0.25, 0.3) is 5.91 Å². The number of nitrogens with one attached hydrogen (secondary N) is 2. The number of amides is 4. The van der Waals surface area contributed by atoms with E-state index in [0.717, 1.165) is 4.90 Å². The molecule has 3 rings (SSSR count). The molecule has 0 aliphatic carbocycles. The van der Waals surface area contributed by atoms with E-state index in [1.54, 1.807) is 42.5 Å². The fourth-order valence-corrected chi connectivity index (χ4v) is 2.69. The van der Waals surface area contributed by atoms with Gasteiger partial charge in [0.1, 0.15) is 12.2 Å². The number of carbonyl (C=O) groups is 3. The van der Waals surface area contributed by atoms with Crippen LogP contribution in [0.5, 0.6) is 11.5 Å². The number of hydrogen-bond acceptors (Lipinski definition) is 5. The van der Waals surface area contributed by atoms with Crippen LogP contribution in [0.2, 0.25) is 0 Å². The third-order valence-electron chi connectivity index (χ3n) is 4.04. The zero-order valence-corrected chi connectivity index (χ0v) is 15.4. The predicted molar refractivity (Wildman–Crippen MR) is 103 cm³/mol. The van der Waals surface area contributed by atoms with E-state index >= 15 is 0 Å². The van der Waals surface area contributed by atoms with Crippen LogP contribution < -0.4 is 20.1 Å². The maximum Gasteiger partial charge on any atom is 0.329 e. The topological polar surface area (TPSA) is 97.0 Å². The Hall–Kier alpha value is -3.81. The van der Waals surface area contributed by atoms with Gasteiger partial charge in [0.05, 0.1) is 14.2 Å². The molecule has 2 aromatic carbocycles. The number of nitrogens with zero attached hydrogens (tertiary/aromatic N) is 1. The summed E-state index contributed by atoms with van der Waals surface area (Å²) in [6, 6.07) is 13.2. The van der Waals surface area contributed by atoms with Crippen LogP contribution in [0, 0.1) is 0 Å². The van der Waals surface area contributed by atoms with Gasteiger partial charge in [-0.2, -0.15) is 0 Å². The van der Waals surface area contributed by atoms with E-state index in [1.807, 2.05) is 6.07 Å². The summed E-state index contributed by atoms with van der Waals surface area (Å²) >= 11 is 0. The molecular formula is C20H19N3O5. The first-order valence-corrected chi connectivity index (χ1v) is 8.43. The summed E-state index contributed by atoms with van der Waals surface area (Å²) in [7, 11) is 3.03. The van der Waals surface area contributed by atoms with Gasteiger partial charge in [0.15, 0.2) is 11.5 Å². The van der Waals surface area contributed by atoms with Crippen molar-refractivity contribution in [2.24, 2.45) is 0 Å². The quantitative estimate of drug-likeness (QED) is 0.591. The van der Waals surface area contributed by atoms with Gasteiger partial charge in [-0.05, 0) is 35.9 Å². The number of benzene rings is 2. The van der Waals surface area contributed by atoms with E-state index < -0.39 is 17.8 Å². The molecule has 4 amide bonds. The number of ether oxygens (including phenoxy) is 2. The molecule has 0 unspecified atom stereocenters. The summed E-state index contributed by atoms with van der Waals surface area (Å²) in [5.41, 5.74) is 1.29. The highest BCUT2D eigenvalue weighted by atomic mass is 16.5. The van der Waals surface area contributed by atoms with Crippen LogP contribution in [0.25, 0.3) is 6.08 Å². The molecule has 2 N–H and O–H groups in total. The number of imide groups is 1. The van der Waals surface area contributed by atoms with Crippen molar-refractivity contribution in [2.75, 3.05) is 26.1 Å². The van der Waals surface area contributed by atoms with Gasteiger partial charge in [-0.25, -0.2) is 9.69 Å². The van der Waals surface area contributed by atoms with Gasteiger partial charge < -0.3 is 20.1 Å². The Kier molecular flexibility index (Phi) is 5.59. The van der Waals surface area contributed by atoms with Crippen molar-refractivity contribution < 1.29 is 23.9 Å². The average molecular weight is 381 g/mol. The van der Waals surface area contributed by atoms with Gasteiger partial charge in [-0.1, -0.05) is 24.3 Å². The third kappa shape index (κ3) is 4.12. The van der Waals surface area contributed by atoms with Crippen molar-refractivity contribution in [3.8, 4) is 11.5 Å². The number of para-hydroxylation sites is 1. The number of anilines is 1. The van der Waals surface area contributed by atoms with Crippen molar-refractivity contribution in [3.63, 3.8) is 0 Å². The van der Waals surface area contributed by atoms with Crippen LogP contribution >= 0.6 is 0 Å². The molecule has 144 valence electrons. The first-order chi connectivity index (χ1) is 13.5. The monoisotopic (exact) mass is 381 g/mol. The van der Waals surface area contributed by atoms with E-state index in [9.17, 15) is 14.4 Å². The lowest BCUT2D eigenvalue weighted by molar-refractivity contribution is -0.127. The second kappa shape index (κ2) is 8.26. The van der Waals surface area contributed by atoms with E-state index in [1.165, 1.54) is 20.3 Å². The number of urea groups is 1. The molecule has 0 aromatic heterocycles. The Bertz CT molecular complexity index is 940. The molecule has 0 saturated carbocycles. The number of rotatable bonds is 6. The van der Waals surface area contributed by atoms with Crippen molar-refractivity contribution in [3.05, 3.63) is 59.8 Å². The molecule has 8 nitrogen and oxygen atoms in total. The molecule has 1 aliphatic heterocycles. The maximum absolute atomic E-state index is 12.5. The molecule has 2 aromatic rings. The van der Waals surface area contributed by atoms with Gasteiger partial charge in [0.2, 0.25) is 5.91 Å². The van der Waals surface area contributed by atoms with E-state index in [0.29, 0.717) is 22.7 Å². The lowest BCUT2D eigenvalue weighted by Crippen LogP contribution is -2.38. The molecular weight excluding hydrogens is 362 g/mol. The molecule has 0 spiro atoms. The van der Waals surface area contributed by atoms with Crippen LogP contribution in [-0.4, -0.2) is 43.5 Å². The SMILES string of the molecule is COc1ccc(/C=C2\NC(=O)N(CC(=O)Nc3ccccc3)C2=O)cc1OC. The molecule has 1 heterocycles. The largest absolute Gasteiger partial charge is 0.493 e. The number of methoxy groups -OCH3 is 2. The Balaban J connectivity index is 1.72. The lowest BCUT2D eigenvalue weighted by atomic mass is 10.1. The number of carbonyl (C=O) groups excluding carboxylic acids is 3. The van der Waals surface area contributed by atoms with Gasteiger partial charge >= 0.3 is 6.03 Å². The lowest BCUT2D eigenvalue weighted by Gasteiger charge is -2.11. The zero-order chi connectivity index (χ0) is 20.1. The Labute approximate surface area is 161 Å². The summed E-state index contributed by atoms with van der Waals surface area (Å²) in [4.78, 5) is 37.6. The minimum Gasteiger partial charge on any atom is -0.493 e. The molecule has 0 bridgehead atoms. The zero-order valence-electron chi connectivity index (χ0n) is 15.4. The second-order valence-electron chi connectivity index (χ2n) is 5.91. The summed E-state index contributed by atoms with van der Waals surface area (Å²) in [5, 5.41) is 5.12. The molecule has 1 saturated heterocycles. The minimum absolute atomic E-state index is 0.0738. The van der Waals surface area contributed by atoms with E-state index in [2.05, 4.69) is 10.6 Å². The van der Waals surface area contributed by atoms with Crippen molar-refractivity contribution in [2.45, 2.75) is 0 Å². The summed E-state index contributed by atoms with van der Waals surface area (Å²) in [6.45, 7) is -0.386. The average Bonchev–Trinajstić information content (AvgIpc) is 2.96. The van der Waals surface area contributed by atoms with Crippen molar-refractivity contribution >= 4 is 29.6 Å². The molecule has 1 aliphatic rings. The normalized spacial score (nSPS) is 14.8. The standard InChI is InChI=1S/C20H19N3O5/c1-27-16-9-8-13(11-17(16)28-2)10-15-19(25)23(20(26)22-15)12-18(24)21-14-6-4-3-5-7-14/h3-11H,12H2,1-2H3,(H,21,24)(H,22,26)/b15-10-. The Morgan fingerprint density at radius 1 is 1.07 bits per heavy atom. The first kappa shape index (κ1) is 19.0. The smallest absolute Gasteiger partial charge is 0.329 e. The van der Waals surface area contributed by atoms with Gasteiger partial charge in [0, 0.05) is 5.69 Å².